The first-order valence-corrected chi connectivity index (χ1v) is 10.4. The van der Waals surface area contributed by atoms with E-state index in [4.69, 9.17) is 0 Å². The van der Waals surface area contributed by atoms with Crippen LogP contribution in [0.2, 0.25) is 0 Å². The van der Waals surface area contributed by atoms with Gasteiger partial charge in [0.25, 0.3) is 0 Å². The Morgan fingerprint density at radius 2 is 1.83 bits per heavy atom. The van der Waals surface area contributed by atoms with Crippen molar-refractivity contribution in [3.8, 4) is 11.4 Å². The first-order valence-electron chi connectivity index (χ1n) is 9.44. The Kier molecular flexibility index (Phi) is 6.64. The van der Waals surface area contributed by atoms with E-state index in [0.717, 1.165) is 16.6 Å². The molecule has 3 aromatic heterocycles. The maximum atomic E-state index is 12.8. The molecule has 160 valence electrons. The number of rotatable bonds is 8. The van der Waals surface area contributed by atoms with Crippen LogP contribution in [0.1, 0.15) is 35.1 Å². The van der Waals surface area contributed by atoms with Crippen LogP contribution in [0, 0.1) is 13.8 Å². The molecule has 0 bridgehead atoms. The van der Waals surface area contributed by atoms with Crippen LogP contribution in [0.5, 0.6) is 0 Å². The predicted octanol–water partition coefficient (Wildman–Crippen LogP) is 4.71. The number of aromatic nitrogens is 5. The molecule has 0 aromatic carbocycles. The fourth-order valence-electron chi connectivity index (χ4n) is 3.25. The third-order valence-electron chi connectivity index (χ3n) is 4.65. The van der Waals surface area contributed by atoms with Crippen molar-refractivity contribution in [2.75, 3.05) is 5.75 Å². The molecule has 0 amide bonds. The third kappa shape index (κ3) is 4.92. The molecule has 0 aliphatic carbocycles. The minimum absolute atomic E-state index is 0.0640. The topological polar surface area (TPSA) is 65.6 Å². The number of hydrogen-bond acceptors (Lipinski definition) is 5. The van der Waals surface area contributed by atoms with Crippen molar-refractivity contribution in [2.45, 2.75) is 51.6 Å². The van der Waals surface area contributed by atoms with Gasteiger partial charge >= 0.3 is 6.18 Å². The zero-order valence-corrected chi connectivity index (χ0v) is 17.7. The van der Waals surface area contributed by atoms with E-state index >= 15 is 0 Å². The number of halogens is 3. The molecule has 3 rings (SSSR count). The third-order valence-corrected chi connectivity index (χ3v) is 5.61. The van der Waals surface area contributed by atoms with Gasteiger partial charge < -0.3 is 9.13 Å². The number of hydrogen-bond donors (Lipinski definition) is 0. The summed E-state index contributed by atoms with van der Waals surface area (Å²) in [5.41, 5.74) is 1.91. The molecule has 3 aromatic rings. The second kappa shape index (κ2) is 9.03. The molecule has 0 unspecified atom stereocenters. The highest BCUT2D eigenvalue weighted by Crippen LogP contribution is 2.27. The summed E-state index contributed by atoms with van der Waals surface area (Å²) in [7, 11) is 0. The van der Waals surface area contributed by atoms with Crippen LogP contribution >= 0.6 is 11.8 Å². The van der Waals surface area contributed by atoms with E-state index in [1.807, 2.05) is 23.6 Å². The molecule has 0 N–H and O–H groups in total. The Morgan fingerprint density at radius 1 is 1.13 bits per heavy atom. The number of nitrogens with zero attached hydrogens (tertiary/aromatic N) is 5. The maximum absolute atomic E-state index is 12.8. The number of ketones is 1. The number of Topliss-reactive ketones (excluding diaryl/α,β-unsaturated/α-hetero) is 1. The molecule has 0 fully saturated rings. The molecule has 10 heteroatoms. The molecular weight excluding hydrogens is 415 g/mol. The van der Waals surface area contributed by atoms with E-state index in [-0.39, 0.29) is 11.5 Å². The van der Waals surface area contributed by atoms with Crippen LogP contribution in [0.4, 0.5) is 13.2 Å². The summed E-state index contributed by atoms with van der Waals surface area (Å²) in [6.45, 7) is 4.72. The smallest absolute Gasteiger partial charge is 0.339 e. The zero-order valence-electron chi connectivity index (χ0n) is 16.9. The first kappa shape index (κ1) is 22.1. The molecule has 0 aliphatic heterocycles. The number of alkyl halides is 3. The average molecular weight is 437 g/mol. The minimum Gasteiger partial charge on any atom is -0.339 e. The summed E-state index contributed by atoms with van der Waals surface area (Å²) in [6, 6.07) is 5.19. The Hall–Kier alpha value is -2.62. The van der Waals surface area contributed by atoms with E-state index < -0.39 is 12.7 Å². The normalized spacial score (nSPS) is 11.8. The molecule has 30 heavy (non-hydrogen) atoms. The van der Waals surface area contributed by atoms with Gasteiger partial charge in [-0.1, -0.05) is 18.7 Å². The number of carbonyl (C=O) groups is 1. The Morgan fingerprint density at radius 3 is 2.47 bits per heavy atom. The highest BCUT2D eigenvalue weighted by atomic mass is 32.2. The van der Waals surface area contributed by atoms with Crippen molar-refractivity contribution in [2.24, 2.45) is 0 Å². The van der Waals surface area contributed by atoms with Crippen LogP contribution in [0.3, 0.4) is 0 Å². The maximum Gasteiger partial charge on any atom is 0.406 e. The van der Waals surface area contributed by atoms with Gasteiger partial charge in [-0.2, -0.15) is 13.2 Å². The van der Waals surface area contributed by atoms with Gasteiger partial charge in [0.05, 0.1) is 5.75 Å². The molecule has 0 radical (unpaired) electrons. The molecule has 0 aliphatic rings. The van der Waals surface area contributed by atoms with Crippen molar-refractivity contribution >= 4 is 17.5 Å². The molecule has 0 spiro atoms. The summed E-state index contributed by atoms with van der Waals surface area (Å²) >= 11 is 1.24. The van der Waals surface area contributed by atoms with Crippen LogP contribution < -0.4 is 0 Å². The van der Waals surface area contributed by atoms with Crippen molar-refractivity contribution in [1.29, 1.82) is 0 Å². The lowest BCUT2D eigenvalue weighted by atomic mass is 10.2. The zero-order chi connectivity index (χ0) is 21.9. The fraction of sp³-hybridized carbons (Fsp3) is 0.400. The van der Waals surface area contributed by atoms with E-state index in [2.05, 4.69) is 15.2 Å². The monoisotopic (exact) mass is 437 g/mol. The highest BCUT2D eigenvalue weighted by Gasteiger charge is 2.30. The Labute approximate surface area is 176 Å². The van der Waals surface area contributed by atoms with Crippen LogP contribution in [0.15, 0.2) is 35.7 Å². The molecule has 3 heterocycles. The minimum atomic E-state index is -4.34. The average Bonchev–Trinajstić information content (AvgIpc) is 3.22. The number of pyridine rings is 1. The fourth-order valence-corrected chi connectivity index (χ4v) is 4.10. The second-order valence-corrected chi connectivity index (χ2v) is 7.83. The van der Waals surface area contributed by atoms with Gasteiger partial charge in [-0.3, -0.25) is 9.78 Å². The van der Waals surface area contributed by atoms with E-state index in [1.54, 1.807) is 19.3 Å². The van der Waals surface area contributed by atoms with Gasteiger partial charge in [0.15, 0.2) is 16.8 Å². The van der Waals surface area contributed by atoms with Crippen molar-refractivity contribution in [3.63, 3.8) is 0 Å². The SMILES string of the molecule is CCCn1c(SCC(=O)c2cc(C)n(CC(F)(F)F)c2C)nnc1-c1ccncc1. The Bertz CT molecular complexity index is 1030. The second-order valence-electron chi connectivity index (χ2n) is 6.89. The van der Waals surface area contributed by atoms with Crippen molar-refractivity contribution in [3.05, 3.63) is 47.5 Å². The van der Waals surface area contributed by atoms with Crippen molar-refractivity contribution in [1.82, 2.24) is 24.3 Å². The predicted molar refractivity (Wildman–Crippen MR) is 109 cm³/mol. The molecule has 0 atom stereocenters. The lowest BCUT2D eigenvalue weighted by Crippen LogP contribution is -2.19. The standard InChI is InChI=1S/C20H22F3N5OS/c1-4-9-27-18(15-5-7-24-8-6-15)25-26-19(27)30-11-17(29)16-10-13(2)28(14(16)3)12-20(21,22)23/h5-8,10H,4,9,11-12H2,1-3H3. The number of carbonyl (C=O) groups excluding carboxylic acids is 1. The van der Waals surface area contributed by atoms with E-state index in [9.17, 15) is 18.0 Å². The summed E-state index contributed by atoms with van der Waals surface area (Å²) in [5, 5.41) is 9.07. The van der Waals surface area contributed by atoms with Gasteiger partial charge in [0, 0.05) is 41.5 Å². The number of aryl methyl sites for hydroxylation is 1. The number of thioether (sulfide) groups is 1. The first-order chi connectivity index (χ1) is 14.2. The van der Waals surface area contributed by atoms with Crippen LogP contribution in [-0.2, 0) is 13.1 Å². The Balaban J connectivity index is 1.79. The molecule has 6 nitrogen and oxygen atoms in total. The van der Waals surface area contributed by atoms with Gasteiger partial charge in [-0.25, -0.2) is 0 Å². The summed E-state index contributed by atoms with van der Waals surface area (Å²) < 4.78 is 41.5. The van der Waals surface area contributed by atoms with Gasteiger partial charge in [0.2, 0.25) is 0 Å². The molecular formula is C20H22F3N5OS. The summed E-state index contributed by atoms with van der Waals surface area (Å²) in [6.07, 6.45) is -0.138. The lowest BCUT2D eigenvalue weighted by molar-refractivity contribution is -0.141. The summed E-state index contributed by atoms with van der Waals surface area (Å²) in [5.74, 6) is 0.518. The van der Waals surface area contributed by atoms with Gasteiger partial charge in [-0.15, -0.1) is 10.2 Å². The van der Waals surface area contributed by atoms with E-state index in [0.29, 0.717) is 34.5 Å². The van der Waals surface area contributed by atoms with Crippen molar-refractivity contribution < 1.29 is 18.0 Å². The largest absolute Gasteiger partial charge is 0.406 e. The van der Waals surface area contributed by atoms with Crippen LogP contribution in [-0.4, -0.2) is 42.0 Å². The molecule has 0 saturated heterocycles. The lowest BCUT2D eigenvalue weighted by Gasteiger charge is -2.12. The van der Waals surface area contributed by atoms with Gasteiger partial charge in [-0.05, 0) is 38.5 Å². The molecule has 0 saturated carbocycles. The highest BCUT2D eigenvalue weighted by molar-refractivity contribution is 7.99. The summed E-state index contributed by atoms with van der Waals surface area (Å²) in [4.78, 5) is 16.7. The quantitative estimate of drug-likeness (QED) is 0.377. The van der Waals surface area contributed by atoms with Gasteiger partial charge in [0.1, 0.15) is 6.54 Å². The van der Waals surface area contributed by atoms with Crippen LogP contribution in [0.25, 0.3) is 11.4 Å². The van der Waals surface area contributed by atoms with E-state index in [1.165, 1.54) is 24.8 Å².